The van der Waals surface area contributed by atoms with Crippen LogP contribution in [0.3, 0.4) is 0 Å². The predicted molar refractivity (Wildman–Crippen MR) is 64.2 cm³/mol. The lowest BCUT2D eigenvalue weighted by atomic mass is 10.0. The molecule has 3 heteroatoms. The normalized spacial score (nSPS) is 10.3. The summed E-state index contributed by atoms with van der Waals surface area (Å²) >= 11 is 11.9. The summed E-state index contributed by atoms with van der Waals surface area (Å²) in [6, 6.07) is 9.97. The van der Waals surface area contributed by atoms with Gasteiger partial charge in [0.25, 0.3) is 0 Å². The SMILES string of the molecule is ClCc1c(Cl)cncc1-c1ccccc1. The lowest BCUT2D eigenvalue weighted by Crippen LogP contribution is -1.89. The molecule has 1 nitrogen and oxygen atoms in total. The fourth-order valence-electron chi connectivity index (χ4n) is 1.46. The van der Waals surface area contributed by atoms with Gasteiger partial charge in [0.2, 0.25) is 0 Å². The number of hydrogen-bond donors (Lipinski definition) is 0. The molecule has 0 aliphatic carbocycles. The van der Waals surface area contributed by atoms with E-state index in [0.717, 1.165) is 16.7 Å². The van der Waals surface area contributed by atoms with Crippen LogP contribution in [-0.4, -0.2) is 4.98 Å². The molecule has 0 saturated heterocycles. The minimum atomic E-state index is 0.394. The number of hydrogen-bond acceptors (Lipinski definition) is 1. The smallest absolute Gasteiger partial charge is 0.0639 e. The van der Waals surface area contributed by atoms with E-state index in [0.29, 0.717) is 10.9 Å². The van der Waals surface area contributed by atoms with Crippen molar-refractivity contribution in [3.63, 3.8) is 0 Å². The van der Waals surface area contributed by atoms with E-state index >= 15 is 0 Å². The lowest BCUT2D eigenvalue weighted by molar-refractivity contribution is 1.27. The van der Waals surface area contributed by atoms with Crippen LogP contribution in [0.15, 0.2) is 42.7 Å². The standard InChI is InChI=1S/C12H9Cl2N/c13-6-10-11(7-15-8-12(10)14)9-4-2-1-3-5-9/h1-5,7-8H,6H2. The van der Waals surface area contributed by atoms with Gasteiger partial charge in [0.05, 0.1) is 5.02 Å². The Balaban J connectivity index is 2.58. The number of nitrogens with zero attached hydrogens (tertiary/aromatic N) is 1. The maximum absolute atomic E-state index is 6.03. The first-order valence-corrected chi connectivity index (χ1v) is 5.48. The van der Waals surface area contributed by atoms with Crippen molar-refractivity contribution in [2.45, 2.75) is 5.88 Å². The van der Waals surface area contributed by atoms with Gasteiger partial charge in [-0.2, -0.15) is 0 Å². The second-order valence-corrected chi connectivity index (χ2v) is 3.82. The van der Waals surface area contributed by atoms with E-state index in [1.165, 1.54) is 0 Å². The Morgan fingerprint density at radius 2 is 1.80 bits per heavy atom. The zero-order valence-electron chi connectivity index (χ0n) is 7.95. The summed E-state index contributed by atoms with van der Waals surface area (Å²) in [6.45, 7) is 0. The second-order valence-electron chi connectivity index (χ2n) is 3.15. The Labute approximate surface area is 98.7 Å². The summed E-state index contributed by atoms with van der Waals surface area (Å²) in [5.74, 6) is 0.394. The van der Waals surface area contributed by atoms with E-state index in [2.05, 4.69) is 4.98 Å². The number of alkyl halides is 1. The molecule has 0 aliphatic heterocycles. The lowest BCUT2D eigenvalue weighted by Gasteiger charge is -2.07. The van der Waals surface area contributed by atoms with Crippen LogP contribution in [0.5, 0.6) is 0 Å². The van der Waals surface area contributed by atoms with Crippen molar-refractivity contribution in [2.75, 3.05) is 0 Å². The van der Waals surface area contributed by atoms with Gasteiger partial charge in [-0.1, -0.05) is 41.9 Å². The van der Waals surface area contributed by atoms with Crippen LogP contribution in [0.4, 0.5) is 0 Å². The largest absolute Gasteiger partial charge is 0.263 e. The third kappa shape index (κ3) is 2.14. The molecule has 0 aliphatic rings. The summed E-state index contributed by atoms with van der Waals surface area (Å²) in [6.07, 6.45) is 3.41. The highest BCUT2D eigenvalue weighted by atomic mass is 35.5. The highest BCUT2D eigenvalue weighted by molar-refractivity contribution is 6.32. The quantitative estimate of drug-likeness (QED) is 0.716. The molecule has 76 valence electrons. The predicted octanol–water partition coefficient (Wildman–Crippen LogP) is 4.14. The first kappa shape index (κ1) is 10.5. The van der Waals surface area contributed by atoms with Gasteiger partial charge in [-0.3, -0.25) is 4.98 Å². The molecular formula is C12H9Cl2N. The van der Waals surface area contributed by atoms with Gasteiger partial charge in [0.15, 0.2) is 0 Å². The van der Waals surface area contributed by atoms with Crippen molar-refractivity contribution in [3.05, 3.63) is 53.3 Å². The maximum atomic E-state index is 6.03. The van der Waals surface area contributed by atoms with Crippen LogP contribution in [0.2, 0.25) is 5.02 Å². The highest BCUT2D eigenvalue weighted by Gasteiger charge is 2.07. The Hall–Kier alpha value is -1.05. The van der Waals surface area contributed by atoms with Crippen LogP contribution < -0.4 is 0 Å². The van der Waals surface area contributed by atoms with Crippen molar-refractivity contribution < 1.29 is 0 Å². The molecule has 2 aromatic rings. The second kappa shape index (κ2) is 4.65. The summed E-state index contributed by atoms with van der Waals surface area (Å²) in [5.41, 5.74) is 3.01. The molecule has 1 heterocycles. The molecule has 15 heavy (non-hydrogen) atoms. The van der Waals surface area contributed by atoms with E-state index in [4.69, 9.17) is 23.2 Å². The van der Waals surface area contributed by atoms with Crippen molar-refractivity contribution in [2.24, 2.45) is 0 Å². The Kier molecular flexibility index (Phi) is 3.24. The number of halogens is 2. The molecule has 0 amide bonds. The zero-order valence-corrected chi connectivity index (χ0v) is 9.46. The first-order chi connectivity index (χ1) is 7.33. The van der Waals surface area contributed by atoms with E-state index in [1.807, 2.05) is 30.3 Å². The Morgan fingerprint density at radius 3 is 2.47 bits per heavy atom. The van der Waals surface area contributed by atoms with Crippen molar-refractivity contribution in [1.82, 2.24) is 4.98 Å². The third-order valence-corrected chi connectivity index (χ3v) is 2.82. The molecule has 1 aromatic carbocycles. The van der Waals surface area contributed by atoms with Gasteiger partial charge in [0.1, 0.15) is 0 Å². The van der Waals surface area contributed by atoms with Crippen LogP contribution in [0.25, 0.3) is 11.1 Å². The minimum Gasteiger partial charge on any atom is -0.263 e. The van der Waals surface area contributed by atoms with Gasteiger partial charge in [-0.05, 0) is 11.1 Å². The van der Waals surface area contributed by atoms with Crippen LogP contribution >= 0.6 is 23.2 Å². The molecule has 0 saturated carbocycles. The molecule has 0 atom stereocenters. The molecular weight excluding hydrogens is 229 g/mol. The Morgan fingerprint density at radius 1 is 1.07 bits per heavy atom. The molecule has 0 fully saturated rings. The number of rotatable bonds is 2. The molecule has 0 unspecified atom stereocenters. The van der Waals surface area contributed by atoms with Gasteiger partial charge in [0, 0.05) is 23.8 Å². The van der Waals surface area contributed by atoms with Crippen molar-refractivity contribution >= 4 is 23.2 Å². The fourth-order valence-corrected chi connectivity index (χ4v) is 2.05. The number of pyridine rings is 1. The third-order valence-electron chi connectivity index (χ3n) is 2.22. The van der Waals surface area contributed by atoms with Crippen LogP contribution in [0.1, 0.15) is 5.56 Å². The average Bonchev–Trinajstić information content (AvgIpc) is 2.30. The number of aromatic nitrogens is 1. The van der Waals surface area contributed by atoms with Crippen LogP contribution in [-0.2, 0) is 5.88 Å². The molecule has 2 rings (SSSR count). The van der Waals surface area contributed by atoms with Gasteiger partial charge in [-0.15, -0.1) is 11.6 Å². The minimum absolute atomic E-state index is 0.394. The van der Waals surface area contributed by atoms with Crippen molar-refractivity contribution in [1.29, 1.82) is 0 Å². The van der Waals surface area contributed by atoms with Gasteiger partial charge in [-0.25, -0.2) is 0 Å². The Bertz CT molecular complexity index is 454. The summed E-state index contributed by atoms with van der Waals surface area (Å²) in [4.78, 5) is 4.08. The molecule has 0 N–H and O–H groups in total. The highest BCUT2D eigenvalue weighted by Crippen LogP contribution is 2.28. The van der Waals surface area contributed by atoms with E-state index in [9.17, 15) is 0 Å². The van der Waals surface area contributed by atoms with Gasteiger partial charge >= 0.3 is 0 Å². The fraction of sp³-hybridized carbons (Fsp3) is 0.0833. The monoisotopic (exact) mass is 237 g/mol. The zero-order chi connectivity index (χ0) is 10.7. The van der Waals surface area contributed by atoms with Crippen molar-refractivity contribution in [3.8, 4) is 11.1 Å². The topological polar surface area (TPSA) is 12.9 Å². The molecule has 0 bridgehead atoms. The molecule has 1 aromatic heterocycles. The average molecular weight is 238 g/mol. The van der Waals surface area contributed by atoms with E-state index in [-0.39, 0.29) is 0 Å². The van der Waals surface area contributed by atoms with E-state index < -0.39 is 0 Å². The van der Waals surface area contributed by atoms with E-state index in [1.54, 1.807) is 12.4 Å². The summed E-state index contributed by atoms with van der Waals surface area (Å²) < 4.78 is 0. The maximum Gasteiger partial charge on any atom is 0.0639 e. The summed E-state index contributed by atoms with van der Waals surface area (Å²) in [7, 11) is 0. The molecule has 0 spiro atoms. The first-order valence-electron chi connectivity index (χ1n) is 4.56. The van der Waals surface area contributed by atoms with Crippen LogP contribution in [0, 0.1) is 0 Å². The number of benzene rings is 1. The molecule has 0 radical (unpaired) electrons. The van der Waals surface area contributed by atoms with Gasteiger partial charge < -0.3 is 0 Å². The summed E-state index contributed by atoms with van der Waals surface area (Å²) in [5, 5.41) is 0.617.